The minimum absolute atomic E-state index is 0.0539. The molecule has 20 heteroatoms. The predicted molar refractivity (Wildman–Crippen MR) is 259 cm³/mol. The van der Waals surface area contributed by atoms with Gasteiger partial charge >= 0.3 is 11.9 Å². The van der Waals surface area contributed by atoms with E-state index in [0.717, 1.165) is 11.1 Å². The topological polar surface area (TPSA) is 314 Å². The van der Waals surface area contributed by atoms with Gasteiger partial charge in [0.1, 0.15) is 60.3 Å². The molecule has 4 aromatic carbocycles. The maximum atomic E-state index is 13.5. The SMILES string of the molecule is O=C(O)Cc1cccc(-c2cc(CCCC(=O)N3CCCN(C(=O)CCCc4ccc(O[C@H]5O[C@H](CO)[C@@H](O)[C@@H](O)[C@@H]5O)c(-c5cccc(CC(=O)O)c5)c4)CC3)ccc2O[C@H]2O[C@H](CO)[C@@H](O)[C@@H](O)[C@@H]2O)c1. The Kier molecular flexibility index (Phi) is 18.9. The summed E-state index contributed by atoms with van der Waals surface area (Å²) in [5.74, 6) is -1.69. The van der Waals surface area contributed by atoms with Crippen LogP contribution in [0.2, 0.25) is 0 Å². The summed E-state index contributed by atoms with van der Waals surface area (Å²) in [5.41, 5.74) is 4.96. The van der Waals surface area contributed by atoms with Gasteiger partial charge in [-0.3, -0.25) is 19.2 Å². The van der Waals surface area contributed by atoms with E-state index in [4.69, 9.17) is 18.9 Å². The largest absolute Gasteiger partial charge is 0.481 e. The molecule has 3 aliphatic heterocycles. The van der Waals surface area contributed by atoms with Gasteiger partial charge in [0.15, 0.2) is 0 Å². The number of hydrogen-bond donors (Lipinski definition) is 10. The van der Waals surface area contributed by atoms with E-state index in [1.807, 2.05) is 12.1 Å². The highest BCUT2D eigenvalue weighted by molar-refractivity contribution is 5.79. The minimum Gasteiger partial charge on any atom is -0.481 e. The third kappa shape index (κ3) is 14.0. The molecule has 3 saturated heterocycles. The van der Waals surface area contributed by atoms with E-state index in [2.05, 4.69) is 0 Å². The fraction of sp³-hybridized carbons (Fsp3) is 0.472. The first-order valence-corrected chi connectivity index (χ1v) is 24.4. The molecule has 20 nitrogen and oxygen atoms in total. The number of carboxylic acids is 2. The fourth-order valence-corrected chi connectivity index (χ4v) is 9.37. The molecule has 73 heavy (non-hydrogen) atoms. The third-order valence-corrected chi connectivity index (χ3v) is 13.4. The Morgan fingerprint density at radius 2 is 0.918 bits per heavy atom. The highest BCUT2D eigenvalue weighted by Crippen LogP contribution is 2.37. The van der Waals surface area contributed by atoms with Gasteiger partial charge in [-0.05, 0) is 89.8 Å². The van der Waals surface area contributed by atoms with Crippen molar-refractivity contribution < 1.29 is 89.2 Å². The molecule has 4 aromatic rings. The highest BCUT2D eigenvalue weighted by atomic mass is 16.7. The van der Waals surface area contributed by atoms with Crippen LogP contribution in [0.25, 0.3) is 22.3 Å². The van der Waals surface area contributed by atoms with E-state index in [-0.39, 0.29) is 49.0 Å². The Hall–Kier alpha value is -6.04. The molecule has 0 bridgehead atoms. The van der Waals surface area contributed by atoms with Crippen LogP contribution in [0.1, 0.15) is 54.4 Å². The van der Waals surface area contributed by atoms with Gasteiger partial charge in [0.25, 0.3) is 0 Å². The molecule has 10 atom stereocenters. The number of aliphatic hydroxyl groups excluding tert-OH is 8. The standard InChI is InChI=1S/C53H64N2O18/c56-28-40-46(64)48(66)50(68)52(72-40)70-38-16-14-30(24-36(38)34-10-1-8-32(22-34)26-44(60)61)6-3-12-42(58)54-18-5-19-55(21-20-54)43(59)13-4-7-31-15-17-39(71-53-51(69)49(67)47(65)41(29-57)73-53)37(25-31)35-11-2-9-33(23-35)27-45(62)63/h1-2,8-11,14-17,22-25,40-41,46-53,56-57,64-69H,3-7,12-13,18-21,26-29H2,(H,60,61)(H,62,63)/t40-,41-,46-,47-,48-,49-,50+,51+,52+,53+/m1/s1. The molecule has 0 aliphatic carbocycles. The maximum absolute atomic E-state index is 13.5. The number of aliphatic carboxylic acids is 2. The Labute approximate surface area is 421 Å². The Morgan fingerprint density at radius 3 is 1.30 bits per heavy atom. The number of hydrogen-bond acceptors (Lipinski definition) is 16. The van der Waals surface area contributed by atoms with Crippen molar-refractivity contribution in [3.8, 4) is 33.8 Å². The zero-order chi connectivity index (χ0) is 52.3. The van der Waals surface area contributed by atoms with Crippen molar-refractivity contribution in [1.29, 1.82) is 0 Å². The molecule has 0 unspecified atom stereocenters. The van der Waals surface area contributed by atoms with Crippen LogP contribution in [0.3, 0.4) is 0 Å². The summed E-state index contributed by atoms with van der Waals surface area (Å²) in [6.07, 6.45) is -12.5. The second kappa shape index (κ2) is 25.3. The number of amides is 2. The molecule has 7 rings (SSSR count). The van der Waals surface area contributed by atoms with Crippen LogP contribution in [0, 0.1) is 0 Å². The van der Waals surface area contributed by atoms with Crippen molar-refractivity contribution in [2.75, 3.05) is 39.4 Å². The van der Waals surface area contributed by atoms with E-state index in [0.29, 0.717) is 91.7 Å². The summed E-state index contributed by atoms with van der Waals surface area (Å²) < 4.78 is 23.3. The zero-order valence-corrected chi connectivity index (χ0v) is 40.1. The molecule has 0 saturated carbocycles. The number of benzene rings is 4. The van der Waals surface area contributed by atoms with Crippen molar-refractivity contribution in [2.45, 2.75) is 119 Å². The van der Waals surface area contributed by atoms with Gasteiger partial charge in [-0.1, -0.05) is 60.7 Å². The van der Waals surface area contributed by atoms with Crippen LogP contribution in [0.5, 0.6) is 11.5 Å². The summed E-state index contributed by atoms with van der Waals surface area (Å²) in [6.45, 7) is 0.422. The van der Waals surface area contributed by atoms with Crippen molar-refractivity contribution in [3.63, 3.8) is 0 Å². The van der Waals surface area contributed by atoms with Gasteiger partial charge in [-0.15, -0.1) is 0 Å². The number of carbonyl (C=O) groups excluding carboxylic acids is 2. The van der Waals surface area contributed by atoms with Gasteiger partial charge in [0.05, 0.1) is 26.1 Å². The molecule has 0 aromatic heterocycles. The summed E-state index contributed by atoms with van der Waals surface area (Å²) in [7, 11) is 0. The van der Waals surface area contributed by atoms with E-state index in [1.54, 1.807) is 82.6 Å². The number of aliphatic hydroxyl groups is 8. The van der Waals surface area contributed by atoms with E-state index in [1.165, 1.54) is 0 Å². The average Bonchev–Trinajstić information content (AvgIpc) is 3.64. The van der Waals surface area contributed by atoms with Crippen LogP contribution in [0.4, 0.5) is 0 Å². The second-order valence-electron chi connectivity index (χ2n) is 18.7. The van der Waals surface area contributed by atoms with Crippen LogP contribution in [0.15, 0.2) is 84.9 Å². The Balaban J connectivity index is 0.943. The van der Waals surface area contributed by atoms with Crippen LogP contribution in [-0.4, -0.2) is 185 Å². The number of carboxylic acid groups (broad SMARTS) is 2. The minimum atomic E-state index is -1.66. The molecule has 10 N–H and O–H groups in total. The first-order chi connectivity index (χ1) is 35.0. The van der Waals surface area contributed by atoms with Crippen LogP contribution < -0.4 is 9.47 Å². The Morgan fingerprint density at radius 1 is 0.507 bits per heavy atom. The monoisotopic (exact) mass is 1020 g/mol. The van der Waals surface area contributed by atoms with Crippen molar-refractivity contribution in [1.82, 2.24) is 9.80 Å². The van der Waals surface area contributed by atoms with Gasteiger partial charge in [-0.2, -0.15) is 0 Å². The maximum Gasteiger partial charge on any atom is 0.307 e. The quantitative estimate of drug-likeness (QED) is 0.0591. The molecule has 0 radical (unpaired) electrons. The molecule has 394 valence electrons. The number of nitrogens with zero attached hydrogens (tertiary/aromatic N) is 2. The molecule has 3 fully saturated rings. The lowest BCUT2D eigenvalue weighted by molar-refractivity contribution is -0.277. The first-order valence-electron chi connectivity index (χ1n) is 24.4. The lowest BCUT2D eigenvalue weighted by Gasteiger charge is -2.39. The number of carbonyl (C=O) groups is 4. The van der Waals surface area contributed by atoms with Crippen molar-refractivity contribution in [3.05, 3.63) is 107 Å². The van der Waals surface area contributed by atoms with Crippen molar-refractivity contribution in [2.24, 2.45) is 0 Å². The molecular formula is C53H64N2O18. The van der Waals surface area contributed by atoms with Gasteiger partial charge in [0.2, 0.25) is 24.4 Å². The zero-order valence-electron chi connectivity index (χ0n) is 40.1. The summed E-state index contributed by atoms with van der Waals surface area (Å²) in [4.78, 5) is 53.7. The van der Waals surface area contributed by atoms with E-state index in [9.17, 15) is 70.2 Å². The second-order valence-corrected chi connectivity index (χ2v) is 18.7. The fourth-order valence-electron chi connectivity index (χ4n) is 9.37. The lowest BCUT2D eigenvalue weighted by Crippen LogP contribution is -2.60. The van der Waals surface area contributed by atoms with Gasteiger partial charge < -0.3 is 79.8 Å². The smallest absolute Gasteiger partial charge is 0.307 e. The summed E-state index contributed by atoms with van der Waals surface area (Å²) in [5, 5.41) is 101. The normalized spacial score (nSPS) is 25.4. The number of aryl methyl sites for hydroxylation is 2. The average molecular weight is 1020 g/mol. The molecule has 3 aliphatic rings. The van der Waals surface area contributed by atoms with E-state index >= 15 is 0 Å². The first kappa shape index (κ1) is 54.7. The Bertz CT molecular complexity index is 2370. The summed E-state index contributed by atoms with van der Waals surface area (Å²) in [6, 6.07) is 24.2. The molecular weight excluding hydrogens is 953 g/mol. The number of rotatable bonds is 20. The van der Waals surface area contributed by atoms with E-state index < -0.39 is 86.6 Å². The molecule has 3 heterocycles. The van der Waals surface area contributed by atoms with Crippen LogP contribution in [-0.2, 0) is 54.3 Å². The third-order valence-electron chi connectivity index (χ3n) is 13.4. The predicted octanol–water partition coefficient (Wildman–Crippen LogP) is 1.04. The number of ether oxygens (including phenoxy) is 4. The lowest BCUT2D eigenvalue weighted by atomic mass is 9.96. The molecule has 2 amide bonds. The van der Waals surface area contributed by atoms with Gasteiger partial charge in [0, 0.05) is 50.1 Å². The highest BCUT2D eigenvalue weighted by Gasteiger charge is 2.46. The molecule has 0 spiro atoms. The van der Waals surface area contributed by atoms with Crippen LogP contribution >= 0.6 is 0 Å². The van der Waals surface area contributed by atoms with Crippen molar-refractivity contribution >= 4 is 23.8 Å². The summed E-state index contributed by atoms with van der Waals surface area (Å²) >= 11 is 0. The van der Waals surface area contributed by atoms with Gasteiger partial charge in [-0.25, -0.2) is 0 Å².